The van der Waals surface area contributed by atoms with E-state index in [-0.39, 0.29) is 43.2 Å². The number of aliphatic hydroxyl groups is 1. The van der Waals surface area contributed by atoms with Crippen molar-refractivity contribution < 1.29 is 23.8 Å². The number of halogens is 1. The van der Waals surface area contributed by atoms with E-state index in [9.17, 15) is 14.3 Å². The van der Waals surface area contributed by atoms with Gasteiger partial charge < -0.3 is 19.5 Å². The van der Waals surface area contributed by atoms with Crippen molar-refractivity contribution in [1.82, 2.24) is 4.90 Å². The molecule has 2 saturated heterocycles. The Hall–Kier alpha value is -2.60. The second-order valence-electron chi connectivity index (χ2n) is 7.59. The molecule has 2 atom stereocenters. The Labute approximate surface area is 163 Å². The zero-order valence-corrected chi connectivity index (χ0v) is 15.8. The van der Waals surface area contributed by atoms with E-state index >= 15 is 0 Å². The van der Waals surface area contributed by atoms with Gasteiger partial charge in [0.1, 0.15) is 23.8 Å². The van der Waals surface area contributed by atoms with Crippen LogP contribution in [0.15, 0.2) is 48.5 Å². The first-order valence-corrected chi connectivity index (χ1v) is 9.56. The van der Waals surface area contributed by atoms with Crippen molar-refractivity contribution in [2.45, 2.75) is 50.0 Å². The summed E-state index contributed by atoms with van der Waals surface area (Å²) in [7, 11) is 1.46. The van der Waals surface area contributed by atoms with Crippen molar-refractivity contribution in [3.05, 3.63) is 65.5 Å². The lowest BCUT2D eigenvalue weighted by molar-refractivity contribution is -0.0568. The average molecular weight is 385 g/mol. The van der Waals surface area contributed by atoms with Gasteiger partial charge in [0.05, 0.1) is 12.7 Å². The second-order valence-corrected chi connectivity index (χ2v) is 7.59. The summed E-state index contributed by atoms with van der Waals surface area (Å²) in [6.07, 6.45) is 1.69. The number of ether oxygens (including phenoxy) is 2. The minimum atomic E-state index is -1.36. The van der Waals surface area contributed by atoms with Crippen LogP contribution in [-0.4, -0.2) is 35.3 Å². The summed E-state index contributed by atoms with van der Waals surface area (Å²) in [6, 6.07) is 13.7. The van der Waals surface area contributed by atoms with Crippen LogP contribution in [0.5, 0.6) is 5.75 Å². The van der Waals surface area contributed by atoms with Gasteiger partial charge in [0.2, 0.25) is 0 Å². The maximum absolute atomic E-state index is 14.6. The highest BCUT2D eigenvalue weighted by molar-refractivity contribution is 5.69. The van der Waals surface area contributed by atoms with Crippen LogP contribution in [-0.2, 0) is 16.9 Å². The van der Waals surface area contributed by atoms with E-state index in [0.717, 1.165) is 18.4 Å². The van der Waals surface area contributed by atoms with Crippen LogP contribution in [0.4, 0.5) is 9.18 Å². The van der Waals surface area contributed by atoms with E-state index in [1.165, 1.54) is 13.2 Å². The molecule has 0 saturated carbocycles. The molecule has 0 spiro atoms. The smallest absolute Gasteiger partial charge is 0.410 e. The van der Waals surface area contributed by atoms with Crippen LogP contribution < -0.4 is 4.74 Å². The second kappa shape index (κ2) is 7.43. The average Bonchev–Trinajstić information content (AvgIpc) is 2.98. The fourth-order valence-electron chi connectivity index (χ4n) is 4.65. The Morgan fingerprint density at radius 1 is 1.14 bits per heavy atom. The largest absolute Gasteiger partial charge is 0.496 e. The lowest BCUT2D eigenvalue weighted by Crippen LogP contribution is -2.52. The van der Waals surface area contributed by atoms with Gasteiger partial charge in [0.15, 0.2) is 0 Å². The number of methoxy groups -OCH3 is 1. The summed E-state index contributed by atoms with van der Waals surface area (Å²) < 4.78 is 25.3. The minimum absolute atomic E-state index is 0.184. The van der Waals surface area contributed by atoms with E-state index in [2.05, 4.69) is 0 Å². The van der Waals surface area contributed by atoms with Crippen molar-refractivity contribution in [3.8, 4) is 5.75 Å². The zero-order chi connectivity index (χ0) is 19.7. The summed E-state index contributed by atoms with van der Waals surface area (Å²) in [5.74, 6) is -0.150. The van der Waals surface area contributed by atoms with Crippen molar-refractivity contribution in [3.63, 3.8) is 0 Å². The maximum atomic E-state index is 14.6. The number of carbonyl (C=O) groups is 1. The van der Waals surface area contributed by atoms with Gasteiger partial charge in [-0.15, -0.1) is 0 Å². The number of nitrogens with zero attached hydrogens (tertiary/aromatic N) is 1. The van der Waals surface area contributed by atoms with Crippen LogP contribution in [0, 0.1) is 5.82 Å². The van der Waals surface area contributed by atoms with Gasteiger partial charge in [-0.2, -0.15) is 0 Å². The molecule has 5 nitrogen and oxygen atoms in total. The highest BCUT2D eigenvalue weighted by Crippen LogP contribution is 2.48. The summed E-state index contributed by atoms with van der Waals surface area (Å²) in [6.45, 7) is 0.209. The number of rotatable bonds is 4. The summed E-state index contributed by atoms with van der Waals surface area (Å²) >= 11 is 0. The molecule has 2 bridgehead atoms. The Kier molecular flexibility index (Phi) is 4.98. The van der Waals surface area contributed by atoms with Gasteiger partial charge in [-0.1, -0.05) is 36.4 Å². The molecule has 148 valence electrons. The zero-order valence-electron chi connectivity index (χ0n) is 15.8. The van der Waals surface area contributed by atoms with E-state index < -0.39 is 11.4 Å². The highest BCUT2D eigenvalue weighted by atomic mass is 19.1. The van der Waals surface area contributed by atoms with Crippen LogP contribution in [0.1, 0.15) is 36.8 Å². The van der Waals surface area contributed by atoms with Crippen LogP contribution >= 0.6 is 0 Å². The topological polar surface area (TPSA) is 59.0 Å². The first-order chi connectivity index (χ1) is 13.5. The Morgan fingerprint density at radius 3 is 2.46 bits per heavy atom. The minimum Gasteiger partial charge on any atom is -0.496 e. The van der Waals surface area contributed by atoms with E-state index in [1.54, 1.807) is 17.0 Å². The van der Waals surface area contributed by atoms with Gasteiger partial charge in [0.25, 0.3) is 0 Å². The molecule has 1 amide bonds. The van der Waals surface area contributed by atoms with Crippen LogP contribution in [0.3, 0.4) is 0 Å². The number of amides is 1. The third kappa shape index (κ3) is 3.33. The third-order valence-electron chi connectivity index (χ3n) is 5.84. The SMILES string of the molecule is COc1cccc(F)c1C1(O)CC2CCC(C1)N2C(=O)OCc1ccccc1. The van der Waals surface area contributed by atoms with Gasteiger partial charge >= 0.3 is 6.09 Å². The fourth-order valence-corrected chi connectivity index (χ4v) is 4.65. The molecule has 2 fully saturated rings. The molecule has 2 aromatic rings. The molecule has 28 heavy (non-hydrogen) atoms. The molecular formula is C22H24FNO4. The van der Waals surface area contributed by atoms with E-state index in [1.807, 2.05) is 30.3 Å². The summed E-state index contributed by atoms with van der Waals surface area (Å²) in [4.78, 5) is 14.4. The molecule has 6 heteroatoms. The van der Waals surface area contributed by atoms with Gasteiger partial charge in [-0.05, 0) is 30.5 Å². The standard InChI is InChI=1S/C22H24FNO4/c1-27-19-9-5-8-18(23)20(19)22(26)12-16-10-11-17(13-22)24(16)21(25)28-14-15-6-3-2-4-7-15/h2-9,16-17,26H,10-14H2,1H3. The quantitative estimate of drug-likeness (QED) is 0.865. The number of fused-ring (bicyclic) bond motifs is 2. The van der Waals surface area contributed by atoms with Crippen molar-refractivity contribution in [2.24, 2.45) is 0 Å². The van der Waals surface area contributed by atoms with Crippen LogP contribution in [0.2, 0.25) is 0 Å². The van der Waals surface area contributed by atoms with Crippen molar-refractivity contribution in [2.75, 3.05) is 7.11 Å². The Morgan fingerprint density at radius 2 is 1.82 bits per heavy atom. The molecule has 1 N–H and O–H groups in total. The van der Waals surface area contributed by atoms with Crippen molar-refractivity contribution in [1.29, 1.82) is 0 Å². The normalized spacial score (nSPS) is 26.2. The van der Waals surface area contributed by atoms with Crippen molar-refractivity contribution >= 4 is 6.09 Å². The predicted molar refractivity (Wildman–Crippen MR) is 101 cm³/mol. The van der Waals surface area contributed by atoms with E-state index in [0.29, 0.717) is 5.75 Å². The number of hydrogen-bond acceptors (Lipinski definition) is 4. The monoisotopic (exact) mass is 385 g/mol. The van der Waals surface area contributed by atoms with Crippen LogP contribution in [0.25, 0.3) is 0 Å². The molecule has 0 aromatic heterocycles. The summed E-state index contributed by atoms with van der Waals surface area (Å²) in [5, 5.41) is 11.3. The highest BCUT2D eigenvalue weighted by Gasteiger charge is 2.52. The lowest BCUT2D eigenvalue weighted by atomic mass is 9.80. The molecule has 2 aliphatic heterocycles. The molecule has 4 rings (SSSR count). The molecular weight excluding hydrogens is 361 g/mol. The molecule has 2 unspecified atom stereocenters. The van der Waals surface area contributed by atoms with E-state index in [4.69, 9.17) is 9.47 Å². The molecule has 0 radical (unpaired) electrons. The van der Waals surface area contributed by atoms with Gasteiger partial charge in [-0.25, -0.2) is 9.18 Å². The maximum Gasteiger partial charge on any atom is 0.410 e. The number of piperidine rings is 1. The molecule has 2 heterocycles. The first kappa shape index (κ1) is 18.7. The third-order valence-corrected chi connectivity index (χ3v) is 5.84. The number of hydrogen-bond donors (Lipinski definition) is 1. The Bertz CT molecular complexity index is 843. The molecule has 2 aromatic carbocycles. The summed E-state index contributed by atoms with van der Waals surface area (Å²) in [5.41, 5.74) is -0.252. The fraction of sp³-hybridized carbons (Fsp3) is 0.409. The Balaban J connectivity index is 1.51. The lowest BCUT2D eigenvalue weighted by Gasteiger charge is -2.43. The molecule has 0 aliphatic carbocycles. The molecule has 2 aliphatic rings. The number of benzene rings is 2. The van der Waals surface area contributed by atoms with Gasteiger partial charge in [0, 0.05) is 24.9 Å². The number of carbonyl (C=O) groups excluding carboxylic acids is 1. The predicted octanol–water partition coefficient (Wildman–Crippen LogP) is 3.99. The first-order valence-electron chi connectivity index (χ1n) is 9.56. The van der Waals surface area contributed by atoms with Gasteiger partial charge in [-0.3, -0.25) is 0 Å².